The quantitative estimate of drug-likeness (QED) is 0.626. The Morgan fingerprint density at radius 3 is 2.43 bits per heavy atom. The average molecular weight is 199 g/mol. The lowest BCUT2D eigenvalue weighted by molar-refractivity contribution is -0.134. The summed E-state index contributed by atoms with van der Waals surface area (Å²) in [5, 5.41) is 11.9. The predicted molar refractivity (Wildman–Crippen MR) is 49.5 cm³/mol. The van der Waals surface area contributed by atoms with Gasteiger partial charge in [-0.25, -0.2) is 4.79 Å². The van der Waals surface area contributed by atoms with Crippen LogP contribution in [-0.2, 0) is 4.79 Å². The van der Waals surface area contributed by atoms with Gasteiger partial charge in [0.25, 0.3) is 0 Å². The summed E-state index contributed by atoms with van der Waals surface area (Å²) in [6, 6.07) is 0. The number of rotatable bonds is 1. The first kappa shape index (κ1) is 9.65. The van der Waals surface area contributed by atoms with Crippen LogP contribution in [0.25, 0.3) is 0 Å². The Balaban J connectivity index is 2.32. The molecule has 0 radical (unpaired) electrons. The molecule has 1 saturated carbocycles. The molecule has 1 heterocycles. The third-order valence-electron chi connectivity index (χ3n) is 3.21. The molecule has 0 aromatic carbocycles. The monoisotopic (exact) mass is 199 g/mol. The molecule has 1 aliphatic carbocycles. The predicted octanol–water partition coefficient (Wildman–Crippen LogP) is 1.31. The van der Waals surface area contributed by atoms with E-state index in [0.717, 1.165) is 32.4 Å². The van der Waals surface area contributed by atoms with Crippen molar-refractivity contribution in [1.29, 1.82) is 0 Å². The van der Waals surface area contributed by atoms with Gasteiger partial charge >= 0.3 is 5.97 Å². The van der Waals surface area contributed by atoms with Crippen molar-refractivity contribution in [2.45, 2.75) is 19.3 Å². The lowest BCUT2D eigenvalue weighted by Crippen LogP contribution is -2.41. The maximum atomic E-state index is 13.4. The van der Waals surface area contributed by atoms with Crippen LogP contribution in [0.4, 0.5) is 4.39 Å². The summed E-state index contributed by atoms with van der Waals surface area (Å²) in [5.74, 6) is -2.09. The van der Waals surface area contributed by atoms with E-state index in [1.807, 2.05) is 0 Å². The van der Waals surface area contributed by atoms with Crippen LogP contribution in [0.1, 0.15) is 19.3 Å². The molecule has 1 aliphatic heterocycles. The van der Waals surface area contributed by atoms with Crippen LogP contribution >= 0.6 is 0 Å². The van der Waals surface area contributed by atoms with Gasteiger partial charge in [0.15, 0.2) is 0 Å². The van der Waals surface area contributed by atoms with Crippen molar-refractivity contribution in [3.8, 4) is 0 Å². The van der Waals surface area contributed by atoms with E-state index in [2.05, 4.69) is 5.32 Å². The van der Waals surface area contributed by atoms with E-state index in [4.69, 9.17) is 5.11 Å². The Morgan fingerprint density at radius 2 is 1.93 bits per heavy atom. The number of nitrogens with one attached hydrogen (secondary N) is 1. The molecule has 0 aromatic heterocycles. The van der Waals surface area contributed by atoms with E-state index in [0.29, 0.717) is 5.57 Å². The topological polar surface area (TPSA) is 49.3 Å². The van der Waals surface area contributed by atoms with E-state index in [9.17, 15) is 9.18 Å². The van der Waals surface area contributed by atoms with Crippen LogP contribution in [0.5, 0.6) is 0 Å². The largest absolute Gasteiger partial charge is 0.476 e. The van der Waals surface area contributed by atoms with E-state index in [1.54, 1.807) is 0 Å². The highest BCUT2D eigenvalue weighted by Gasteiger charge is 2.35. The average Bonchev–Trinajstić information content (AvgIpc) is 2.15. The van der Waals surface area contributed by atoms with Crippen LogP contribution in [0.15, 0.2) is 11.4 Å². The number of fused-ring (bicyclic) bond motifs is 2. The van der Waals surface area contributed by atoms with Crippen molar-refractivity contribution >= 4 is 5.97 Å². The molecule has 2 aliphatic rings. The number of hydrogen-bond acceptors (Lipinski definition) is 2. The van der Waals surface area contributed by atoms with Crippen LogP contribution in [0.2, 0.25) is 0 Å². The first-order valence-electron chi connectivity index (χ1n) is 5.03. The van der Waals surface area contributed by atoms with Gasteiger partial charge in [0.05, 0.1) is 0 Å². The fourth-order valence-electron chi connectivity index (χ4n) is 2.59. The molecule has 4 heteroatoms. The first-order valence-corrected chi connectivity index (χ1v) is 5.03. The summed E-state index contributed by atoms with van der Waals surface area (Å²) in [6.07, 6.45) is 2.92. The zero-order chi connectivity index (χ0) is 10.1. The van der Waals surface area contributed by atoms with Gasteiger partial charge in [-0.2, -0.15) is 4.39 Å². The second kappa shape index (κ2) is 3.69. The lowest BCUT2D eigenvalue weighted by Gasteiger charge is -2.37. The van der Waals surface area contributed by atoms with Crippen molar-refractivity contribution in [2.75, 3.05) is 13.1 Å². The zero-order valence-corrected chi connectivity index (χ0v) is 7.92. The van der Waals surface area contributed by atoms with Crippen molar-refractivity contribution < 1.29 is 14.3 Å². The fraction of sp³-hybridized carbons (Fsp3) is 0.700. The minimum atomic E-state index is -1.40. The van der Waals surface area contributed by atoms with Crippen molar-refractivity contribution in [3.05, 3.63) is 11.4 Å². The van der Waals surface area contributed by atoms with Crippen LogP contribution in [-0.4, -0.2) is 24.2 Å². The summed E-state index contributed by atoms with van der Waals surface area (Å²) in [6.45, 7) is 1.46. The summed E-state index contributed by atoms with van der Waals surface area (Å²) in [4.78, 5) is 10.6. The van der Waals surface area contributed by atoms with Gasteiger partial charge in [0, 0.05) is 13.1 Å². The van der Waals surface area contributed by atoms with E-state index >= 15 is 0 Å². The normalized spacial score (nSPS) is 31.4. The second-order valence-corrected chi connectivity index (χ2v) is 4.06. The number of carboxylic acids is 1. The molecular weight excluding hydrogens is 185 g/mol. The molecular formula is C10H14FNO2. The molecule has 0 amide bonds. The summed E-state index contributed by atoms with van der Waals surface area (Å²) in [5.41, 5.74) is 0.558. The van der Waals surface area contributed by atoms with Crippen molar-refractivity contribution in [1.82, 2.24) is 5.32 Å². The minimum absolute atomic E-state index is 0.110. The number of piperidine rings is 1. The van der Waals surface area contributed by atoms with E-state index < -0.39 is 11.8 Å². The zero-order valence-electron chi connectivity index (χ0n) is 7.92. The Kier molecular flexibility index (Phi) is 2.54. The molecule has 2 unspecified atom stereocenters. The molecule has 0 aromatic rings. The smallest absolute Gasteiger partial charge is 0.364 e. The number of carboxylic acid groups (broad SMARTS) is 1. The molecule has 2 atom stereocenters. The van der Waals surface area contributed by atoms with E-state index in [-0.39, 0.29) is 11.8 Å². The van der Waals surface area contributed by atoms with Crippen molar-refractivity contribution in [3.63, 3.8) is 0 Å². The van der Waals surface area contributed by atoms with Gasteiger partial charge in [0.1, 0.15) is 0 Å². The molecule has 1 saturated heterocycles. The number of halogens is 1. The molecule has 14 heavy (non-hydrogen) atoms. The molecule has 2 bridgehead atoms. The standard InChI is InChI=1S/C10H14FNO2/c11-9(10(13)14)8-6-2-1-3-7(8)5-12-4-6/h6-7,12H,1-5H2,(H,13,14). The number of hydrogen-bond donors (Lipinski definition) is 2. The molecule has 2 fully saturated rings. The number of carbonyl (C=O) groups is 1. The third kappa shape index (κ3) is 1.54. The van der Waals surface area contributed by atoms with Crippen molar-refractivity contribution in [2.24, 2.45) is 11.8 Å². The molecule has 2 N–H and O–H groups in total. The summed E-state index contributed by atoms with van der Waals surface area (Å²) >= 11 is 0. The second-order valence-electron chi connectivity index (χ2n) is 4.06. The summed E-state index contributed by atoms with van der Waals surface area (Å²) in [7, 11) is 0. The van der Waals surface area contributed by atoms with Gasteiger partial charge in [0.2, 0.25) is 5.83 Å². The van der Waals surface area contributed by atoms with E-state index in [1.165, 1.54) is 0 Å². The maximum absolute atomic E-state index is 13.4. The van der Waals surface area contributed by atoms with Gasteiger partial charge in [-0.3, -0.25) is 0 Å². The Labute approximate surface area is 82.0 Å². The SMILES string of the molecule is O=C(O)C(F)=C1C2CCCC1CNC2. The third-order valence-corrected chi connectivity index (χ3v) is 3.21. The highest BCUT2D eigenvalue weighted by Crippen LogP contribution is 2.38. The van der Waals surface area contributed by atoms with Gasteiger partial charge < -0.3 is 10.4 Å². The first-order chi connectivity index (χ1) is 6.70. The minimum Gasteiger partial charge on any atom is -0.476 e. The molecule has 3 nitrogen and oxygen atoms in total. The molecule has 2 rings (SSSR count). The fourth-order valence-corrected chi connectivity index (χ4v) is 2.59. The number of aliphatic carboxylic acids is 1. The Morgan fingerprint density at radius 1 is 1.36 bits per heavy atom. The maximum Gasteiger partial charge on any atom is 0.364 e. The molecule has 0 spiro atoms. The lowest BCUT2D eigenvalue weighted by atomic mass is 9.73. The highest BCUT2D eigenvalue weighted by molar-refractivity contribution is 5.85. The Hall–Kier alpha value is -0.900. The molecule has 78 valence electrons. The highest BCUT2D eigenvalue weighted by atomic mass is 19.1. The summed E-state index contributed by atoms with van der Waals surface area (Å²) < 4.78 is 13.4. The van der Waals surface area contributed by atoms with Crippen LogP contribution in [0.3, 0.4) is 0 Å². The van der Waals surface area contributed by atoms with Crippen LogP contribution < -0.4 is 5.32 Å². The Bertz CT molecular complexity index is 264. The van der Waals surface area contributed by atoms with Gasteiger partial charge in [-0.1, -0.05) is 6.42 Å². The van der Waals surface area contributed by atoms with Gasteiger partial charge in [-0.15, -0.1) is 0 Å². The van der Waals surface area contributed by atoms with Crippen LogP contribution in [0, 0.1) is 11.8 Å². The van der Waals surface area contributed by atoms with Gasteiger partial charge in [-0.05, 0) is 30.3 Å².